The molecule has 0 unspecified atom stereocenters. The van der Waals surface area contributed by atoms with E-state index in [4.69, 9.17) is 0 Å². The van der Waals surface area contributed by atoms with Crippen LogP contribution < -0.4 is 0 Å². The van der Waals surface area contributed by atoms with E-state index < -0.39 is 0 Å². The lowest BCUT2D eigenvalue weighted by Gasteiger charge is -2.32. The largest absolute Gasteiger partial charge is 0.342 e. The van der Waals surface area contributed by atoms with Crippen LogP contribution in [-0.2, 0) is 24.8 Å². The van der Waals surface area contributed by atoms with Crippen LogP contribution in [0.2, 0.25) is 0 Å². The van der Waals surface area contributed by atoms with Crippen molar-refractivity contribution < 1.29 is 4.79 Å². The molecule has 0 N–H and O–H groups in total. The van der Waals surface area contributed by atoms with E-state index in [-0.39, 0.29) is 5.91 Å². The molecule has 6 nitrogen and oxygen atoms in total. The molecule has 130 valence electrons. The molecule has 6 heteroatoms. The van der Waals surface area contributed by atoms with Crippen LogP contribution in [0.1, 0.15) is 49.4 Å². The van der Waals surface area contributed by atoms with E-state index in [9.17, 15) is 4.79 Å². The number of carbonyl (C=O) groups excluding carboxylic acids is 1. The summed E-state index contributed by atoms with van der Waals surface area (Å²) < 4.78 is 4.19. The second-order valence-corrected chi connectivity index (χ2v) is 6.67. The highest BCUT2D eigenvalue weighted by atomic mass is 16.2. The Balaban J connectivity index is 1.60. The van der Waals surface area contributed by atoms with E-state index in [0.29, 0.717) is 18.9 Å². The van der Waals surface area contributed by atoms with E-state index in [1.54, 1.807) is 0 Å². The lowest BCUT2D eigenvalue weighted by Crippen LogP contribution is -2.40. The maximum absolute atomic E-state index is 12.6. The molecule has 1 atom stereocenters. The lowest BCUT2D eigenvalue weighted by atomic mass is 9.97. The Morgan fingerprint density at radius 1 is 1.42 bits per heavy atom. The Bertz CT molecular complexity index is 702. The number of carbonyl (C=O) groups is 1. The second kappa shape index (κ2) is 7.20. The molecule has 0 saturated carbocycles. The van der Waals surface area contributed by atoms with Gasteiger partial charge in [0.25, 0.3) is 0 Å². The fourth-order valence-electron chi connectivity index (χ4n) is 3.66. The van der Waals surface area contributed by atoms with Gasteiger partial charge in [0.15, 0.2) is 0 Å². The predicted octanol–water partition coefficient (Wildman–Crippen LogP) is 2.28. The van der Waals surface area contributed by atoms with Crippen LogP contribution in [0.3, 0.4) is 0 Å². The maximum atomic E-state index is 12.6. The quantitative estimate of drug-likeness (QED) is 0.846. The highest BCUT2D eigenvalue weighted by molar-refractivity contribution is 5.76. The molecule has 1 aliphatic rings. The molecule has 0 spiro atoms. The molecule has 0 bridgehead atoms. The number of likely N-dealkylation sites (tertiary alicyclic amines) is 1. The number of amides is 1. The van der Waals surface area contributed by atoms with Crippen molar-refractivity contribution >= 4 is 5.91 Å². The third-order valence-corrected chi connectivity index (χ3v) is 4.86. The number of piperidine rings is 1. The smallest absolute Gasteiger partial charge is 0.224 e. The van der Waals surface area contributed by atoms with Crippen molar-refractivity contribution in [1.82, 2.24) is 24.0 Å². The van der Waals surface area contributed by atoms with Gasteiger partial charge in [0, 0.05) is 64.0 Å². The summed E-state index contributed by atoms with van der Waals surface area (Å²) in [7, 11) is 2.04. The number of hydrogen-bond acceptors (Lipinski definition) is 3. The van der Waals surface area contributed by atoms with Gasteiger partial charge in [-0.1, -0.05) is 6.92 Å². The molecular weight excluding hydrogens is 302 g/mol. The Morgan fingerprint density at radius 2 is 2.25 bits per heavy atom. The van der Waals surface area contributed by atoms with E-state index in [1.807, 2.05) is 31.3 Å². The molecule has 3 heterocycles. The summed E-state index contributed by atoms with van der Waals surface area (Å²) in [5.41, 5.74) is 1.04. The van der Waals surface area contributed by atoms with Gasteiger partial charge in [0.05, 0.1) is 5.69 Å². The standard InChI is InChI=1S/C18H27N5O/c1-4-16-19-8-11-22(16)10-7-17(24)23-9-5-6-15(13-23)18-20-14(2)12-21(18)3/h8,11-12,15H,4-7,9-10,13H2,1-3H3/t15-/m1/s1. The van der Waals surface area contributed by atoms with Gasteiger partial charge in [-0.2, -0.15) is 0 Å². The minimum atomic E-state index is 0.237. The summed E-state index contributed by atoms with van der Waals surface area (Å²) >= 11 is 0. The summed E-state index contributed by atoms with van der Waals surface area (Å²) in [6, 6.07) is 0. The van der Waals surface area contributed by atoms with Crippen LogP contribution in [0.15, 0.2) is 18.6 Å². The van der Waals surface area contributed by atoms with E-state index in [2.05, 4.69) is 32.2 Å². The number of aryl methyl sites for hydroxylation is 4. The first kappa shape index (κ1) is 16.7. The fraction of sp³-hybridized carbons (Fsp3) is 0.611. The number of aromatic nitrogens is 4. The number of imidazole rings is 2. The molecule has 2 aromatic rings. The number of nitrogens with zero attached hydrogens (tertiary/aromatic N) is 5. The second-order valence-electron chi connectivity index (χ2n) is 6.67. The number of rotatable bonds is 5. The zero-order valence-electron chi connectivity index (χ0n) is 14.9. The summed E-state index contributed by atoms with van der Waals surface area (Å²) in [6.45, 7) is 6.47. The molecule has 3 rings (SSSR count). The zero-order valence-corrected chi connectivity index (χ0v) is 14.9. The molecule has 0 aromatic carbocycles. The highest BCUT2D eigenvalue weighted by Gasteiger charge is 2.27. The molecule has 1 aliphatic heterocycles. The van der Waals surface area contributed by atoms with Crippen LogP contribution in [0, 0.1) is 6.92 Å². The van der Waals surface area contributed by atoms with Gasteiger partial charge in [0.2, 0.25) is 5.91 Å². The van der Waals surface area contributed by atoms with Gasteiger partial charge in [-0.25, -0.2) is 9.97 Å². The first-order chi connectivity index (χ1) is 11.6. The molecule has 1 amide bonds. The zero-order chi connectivity index (χ0) is 17.1. The van der Waals surface area contributed by atoms with Crippen LogP contribution in [-0.4, -0.2) is 43.0 Å². The predicted molar refractivity (Wildman–Crippen MR) is 92.7 cm³/mol. The maximum Gasteiger partial charge on any atom is 0.224 e. The third kappa shape index (κ3) is 3.52. The van der Waals surface area contributed by atoms with Crippen molar-refractivity contribution in [2.24, 2.45) is 7.05 Å². The average molecular weight is 329 g/mol. The lowest BCUT2D eigenvalue weighted by molar-refractivity contribution is -0.132. The average Bonchev–Trinajstić information content (AvgIpc) is 3.18. The van der Waals surface area contributed by atoms with Crippen molar-refractivity contribution in [1.29, 1.82) is 0 Å². The number of hydrogen-bond donors (Lipinski definition) is 0. The molecule has 2 aromatic heterocycles. The van der Waals surface area contributed by atoms with Crippen LogP contribution in [0.25, 0.3) is 0 Å². The Hall–Kier alpha value is -2.11. The van der Waals surface area contributed by atoms with Crippen molar-refractivity contribution in [3.63, 3.8) is 0 Å². The summed E-state index contributed by atoms with van der Waals surface area (Å²) in [5, 5.41) is 0. The molecule has 24 heavy (non-hydrogen) atoms. The van der Waals surface area contributed by atoms with Crippen molar-refractivity contribution in [3.8, 4) is 0 Å². The van der Waals surface area contributed by atoms with Crippen molar-refractivity contribution in [2.45, 2.75) is 52.0 Å². The van der Waals surface area contributed by atoms with E-state index in [0.717, 1.165) is 49.7 Å². The normalized spacial score (nSPS) is 18.1. The van der Waals surface area contributed by atoms with Crippen LogP contribution >= 0.6 is 0 Å². The first-order valence-corrected chi connectivity index (χ1v) is 8.86. The van der Waals surface area contributed by atoms with Gasteiger partial charge in [-0.15, -0.1) is 0 Å². The molecule has 1 saturated heterocycles. The van der Waals surface area contributed by atoms with Gasteiger partial charge in [0.1, 0.15) is 11.6 Å². The summed E-state index contributed by atoms with van der Waals surface area (Å²) in [5.74, 6) is 2.73. The van der Waals surface area contributed by atoms with Gasteiger partial charge >= 0.3 is 0 Å². The van der Waals surface area contributed by atoms with Crippen molar-refractivity contribution in [3.05, 3.63) is 35.9 Å². The van der Waals surface area contributed by atoms with Crippen molar-refractivity contribution in [2.75, 3.05) is 13.1 Å². The Morgan fingerprint density at radius 3 is 2.96 bits per heavy atom. The Labute approximate surface area is 143 Å². The Kier molecular flexibility index (Phi) is 5.02. The minimum absolute atomic E-state index is 0.237. The van der Waals surface area contributed by atoms with Crippen LogP contribution in [0.5, 0.6) is 0 Å². The SMILES string of the molecule is CCc1nccn1CCC(=O)N1CCC[C@@H](c2nc(C)cn2C)C1. The van der Waals surface area contributed by atoms with Gasteiger partial charge < -0.3 is 14.0 Å². The van der Waals surface area contributed by atoms with E-state index >= 15 is 0 Å². The monoisotopic (exact) mass is 329 g/mol. The molecule has 0 aliphatic carbocycles. The molecular formula is C18H27N5O. The summed E-state index contributed by atoms with van der Waals surface area (Å²) in [4.78, 5) is 23.6. The van der Waals surface area contributed by atoms with Crippen LogP contribution in [0.4, 0.5) is 0 Å². The van der Waals surface area contributed by atoms with E-state index in [1.165, 1.54) is 0 Å². The van der Waals surface area contributed by atoms with Gasteiger partial charge in [-0.05, 0) is 19.8 Å². The molecule has 0 radical (unpaired) electrons. The third-order valence-electron chi connectivity index (χ3n) is 4.86. The molecule has 1 fully saturated rings. The van der Waals surface area contributed by atoms with Gasteiger partial charge in [-0.3, -0.25) is 4.79 Å². The first-order valence-electron chi connectivity index (χ1n) is 8.86. The highest BCUT2D eigenvalue weighted by Crippen LogP contribution is 2.26. The summed E-state index contributed by atoms with van der Waals surface area (Å²) in [6.07, 6.45) is 9.41. The fourth-order valence-corrected chi connectivity index (χ4v) is 3.66. The minimum Gasteiger partial charge on any atom is -0.342 e. The topological polar surface area (TPSA) is 56.0 Å².